The van der Waals surface area contributed by atoms with Crippen molar-refractivity contribution < 1.29 is 18.6 Å². The lowest BCUT2D eigenvalue weighted by Crippen LogP contribution is -2.35. The van der Waals surface area contributed by atoms with E-state index in [9.17, 15) is 8.78 Å². The fourth-order valence-corrected chi connectivity index (χ4v) is 1.86. The van der Waals surface area contributed by atoms with Crippen molar-refractivity contribution >= 4 is 15.9 Å². The number of hydrogen-bond acceptors (Lipinski definition) is 3. The van der Waals surface area contributed by atoms with Gasteiger partial charge in [-0.3, -0.25) is 4.90 Å². The molecule has 1 N–H and O–H groups in total. The number of benzene rings is 1. The Labute approximate surface area is 113 Å². The van der Waals surface area contributed by atoms with Gasteiger partial charge in [-0.15, -0.1) is 0 Å². The second-order valence-corrected chi connectivity index (χ2v) is 4.64. The predicted octanol–water partition coefficient (Wildman–Crippen LogP) is 2.39. The summed E-state index contributed by atoms with van der Waals surface area (Å²) in [6.07, 6.45) is -2.40. The largest absolute Gasteiger partial charge is 0.492 e. The zero-order valence-corrected chi connectivity index (χ0v) is 11.4. The zero-order chi connectivity index (χ0) is 13.4. The molecule has 18 heavy (non-hydrogen) atoms. The maximum atomic E-state index is 12.2. The number of halogens is 3. The molecule has 0 amide bonds. The van der Waals surface area contributed by atoms with E-state index >= 15 is 0 Å². The van der Waals surface area contributed by atoms with Gasteiger partial charge in [0.15, 0.2) is 0 Å². The van der Waals surface area contributed by atoms with E-state index in [-0.39, 0.29) is 19.7 Å². The third-order valence-corrected chi connectivity index (χ3v) is 2.78. The standard InChI is InChI=1S/C12H16BrF2NO2/c13-10-2-1-3-11(8-10)18-7-5-16(4-6-17)9-12(14)15/h1-3,8,12,17H,4-7,9H2. The van der Waals surface area contributed by atoms with Crippen LogP contribution in [0.15, 0.2) is 28.7 Å². The van der Waals surface area contributed by atoms with Crippen molar-refractivity contribution in [2.24, 2.45) is 0 Å². The molecule has 0 bridgehead atoms. The van der Waals surface area contributed by atoms with Gasteiger partial charge in [-0.25, -0.2) is 8.78 Å². The molecule has 0 radical (unpaired) electrons. The minimum absolute atomic E-state index is 0.135. The molecule has 0 aliphatic rings. The van der Waals surface area contributed by atoms with Gasteiger partial charge >= 0.3 is 0 Å². The molecular formula is C12H16BrF2NO2. The molecule has 0 fully saturated rings. The van der Waals surface area contributed by atoms with Crippen LogP contribution in [-0.4, -0.2) is 49.3 Å². The Balaban J connectivity index is 2.33. The first-order chi connectivity index (χ1) is 8.61. The number of aliphatic hydroxyl groups is 1. The fourth-order valence-electron chi connectivity index (χ4n) is 1.48. The van der Waals surface area contributed by atoms with Gasteiger partial charge in [0.05, 0.1) is 13.2 Å². The van der Waals surface area contributed by atoms with Crippen LogP contribution in [0, 0.1) is 0 Å². The number of nitrogens with zero attached hydrogens (tertiary/aromatic N) is 1. The third-order valence-electron chi connectivity index (χ3n) is 2.28. The summed E-state index contributed by atoms with van der Waals surface area (Å²) in [7, 11) is 0. The minimum atomic E-state index is -2.40. The Bertz CT molecular complexity index is 353. The van der Waals surface area contributed by atoms with Gasteiger partial charge in [0.2, 0.25) is 0 Å². The first-order valence-corrected chi connectivity index (χ1v) is 6.41. The van der Waals surface area contributed by atoms with Crippen molar-refractivity contribution in [2.75, 3.05) is 32.8 Å². The van der Waals surface area contributed by atoms with Crippen LogP contribution in [-0.2, 0) is 0 Å². The van der Waals surface area contributed by atoms with E-state index < -0.39 is 6.43 Å². The Morgan fingerprint density at radius 3 is 2.72 bits per heavy atom. The second kappa shape index (κ2) is 8.39. The van der Waals surface area contributed by atoms with Gasteiger partial charge < -0.3 is 9.84 Å². The number of ether oxygens (including phenoxy) is 1. The van der Waals surface area contributed by atoms with Gasteiger partial charge in [0.25, 0.3) is 6.43 Å². The number of rotatable bonds is 8. The van der Waals surface area contributed by atoms with Crippen LogP contribution >= 0.6 is 15.9 Å². The lowest BCUT2D eigenvalue weighted by atomic mass is 10.3. The van der Waals surface area contributed by atoms with Crippen molar-refractivity contribution in [1.82, 2.24) is 4.90 Å². The normalized spacial score (nSPS) is 11.2. The van der Waals surface area contributed by atoms with Crippen LogP contribution in [0.2, 0.25) is 0 Å². The molecule has 0 aliphatic heterocycles. The fraction of sp³-hybridized carbons (Fsp3) is 0.500. The van der Waals surface area contributed by atoms with Gasteiger partial charge in [0, 0.05) is 17.6 Å². The highest BCUT2D eigenvalue weighted by molar-refractivity contribution is 9.10. The molecule has 0 atom stereocenters. The SMILES string of the molecule is OCCN(CCOc1cccc(Br)c1)CC(F)F. The number of aliphatic hydroxyl groups excluding tert-OH is 1. The van der Waals surface area contributed by atoms with Crippen molar-refractivity contribution in [1.29, 1.82) is 0 Å². The quantitative estimate of drug-likeness (QED) is 0.797. The van der Waals surface area contributed by atoms with E-state index in [0.29, 0.717) is 18.9 Å². The molecular weight excluding hydrogens is 308 g/mol. The van der Waals surface area contributed by atoms with E-state index in [0.717, 1.165) is 4.47 Å². The van der Waals surface area contributed by atoms with Gasteiger partial charge in [0.1, 0.15) is 12.4 Å². The average Bonchev–Trinajstić information content (AvgIpc) is 2.28. The van der Waals surface area contributed by atoms with E-state index in [1.807, 2.05) is 18.2 Å². The maximum absolute atomic E-state index is 12.2. The molecule has 1 aromatic rings. The molecule has 0 aromatic heterocycles. The summed E-state index contributed by atoms with van der Waals surface area (Å²) in [5, 5.41) is 8.77. The summed E-state index contributed by atoms with van der Waals surface area (Å²) in [5.41, 5.74) is 0. The monoisotopic (exact) mass is 323 g/mol. The summed E-state index contributed by atoms with van der Waals surface area (Å²) in [5.74, 6) is 0.686. The third kappa shape index (κ3) is 6.28. The van der Waals surface area contributed by atoms with Gasteiger partial charge in [-0.05, 0) is 18.2 Å². The maximum Gasteiger partial charge on any atom is 0.251 e. The Morgan fingerprint density at radius 2 is 2.11 bits per heavy atom. The first kappa shape index (κ1) is 15.3. The summed E-state index contributed by atoms with van der Waals surface area (Å²) < 4.78 is 30.8. The molecule has 1 rings (SSSR count). The van der Waals surface area contributed by atoms with E-state index in [1.54, 1.807) is 6.07 Å². The number of alkyl halides is 2. The van der Waals surface area contributed by atoms with Crippen LogP contribution in [0.4, 0.5) is 8.78 Å². The first-order valence-electron chi connectivity index (χ1n) is 5.61. The van der Waals surface area contributed by atoms with Crippen LogP contribution in [0.3, 0.4) is 0 Å². The summed E-state index contributed by atoms with van der Waals surface area (Å²) >= 11 is 3.32. The smallest absolute Gasteiger partial charge is 0.251 e. The van der Waals surface area contributed by atoms with E-state index in [2.05, 4.69) is 15.9 Å². The lowest BCUT2D eigenvalue weighted by molar-refractivity contribution is 0.0709. The van der Waals surface area contributed by atoms with Crippen LogP contribution in [0.1, 0.15) is 0 Å². The lowest BCUT2D eigenvalue weighted by Gasteiger charge is -2.20. The molecule has 3 nitrogen and oxygen atoms in total. The molecule has 0 spiro atoms. The highest BCUT2D eigenvalue weighted by Crippen LogP contribution is 2.17. The van der Waals surface area contributed by atoms with Crippen LogP contribution in [0.5, 0.6) is 5.75 Å². The molecule has 0 unspecified atom stereocenters. The zero-order valence-electron chi connectivity index (χ0n) is 9.86. The summed E-state index contributed by atoms with van der Waals surface area (Å²) in [6.45, 7) is 0.415. The average molecular weight is 324 g/mol. The Kier molecular flexibility index (Phi) is 7.15. The Hall–Kier alpha value is -0.720. The number of hydrogen-bond donors (Lipinski definition) is 1. The van der Waals surface area contributed by atoms with Crippen LogP contribution in [0.25, 0.3) is 0 Å². The highest BCUT2D eigenvalue weighted by Gasteiger charge is 2.11. The molecule has 0 heterocycles. The molecule has 102 valence electrons. The van der Waals surface area contributed by atoms with Gasteiger partial charge in [-0.2, -0.15) is 0 Å². The second-order valence-electron chi connectivity index (χ2n) is 3.72. The summed E-state index contributed by atoms with van der Waals surface area (Å²) in [6, 6.07) is 7.32. The minimum Gasteiger partial charge on any atom is -0.492 e. The Morgan fingerprint density at radius 1 is 1.33 bits per heavy atom. The van der Waals surface area contributed by atoms with E-state index in [1.165, 1.54) is 4.90 Å². The van der Waals surface area contributed by atoms with Crippen molar-refractivity contribution in [3.63, 3.8) is 0 Å². The van der Waals surface area contributed by atoms with Crippen molar-refractivity contribution in [2.45, 2.75) is 6.43 Å². The molecule has 0 saturated heterocycles. The van der Waals surface area contributed by atoms with Crippen molar-refractivity contribution in [3.05, 3.63) is 28.7 Å². The van der Waals surface area contributed by atoms with E-state index in [4.69, 9.17) is 9.84 Å². The highest BCUT2D eigenvalue weighted by atomic mass is 79.9. The van der Waals surface area contributed by atoms with Crippen LogP contribution < -0.4 is 4.74 Å². The molecule has 0 saturated carbocycles. The molecule has 6 heteroatoms. The van der Waals surface area contributed by atoms with Gasteiger partial charge in [-0.1, -0.05) is 22.0 Å². The predicted molar refractivity (Wildman–Crippen MR) is 69.2 cm³/mol. The summed E-state index contributed by atoms with van der Waals surface area (Å²) in [4.78, 5) is 1.47. The topological polar surface area (TPSA) is 32.7 Å². The van der Waals surface area contributed by atoms with Crippen molar-refractivity contribution in [3.8, 4) is 5.75 Å². The molecule has 0 aliphatic carbocycles. The molecule has 1 aromatic carbocycles.